The monoisotopic (exact) mass is 383 g/mol. The second-order valence-corrected chi connectivity index (χ2v) is 7.00. The van der Waals surface area contributed by atoms with Gasteiger partial charge in [-0.25, -0.2) is 4.79 Å². The van der Waals surface area contributed by atoms with Crippen LogP contribution < -0.4 is 16.6 Å². The van der Waals surface area contributed by atoms with Crippen LogP contribution in [0.25, 0.3) is 0 Å². The summed E-state index contributed by atoms with van der Waals surface area (Å²) in [5.41, 5.74) is 11.5. The van der Waals surface area contributed by atoms with Gasteiger partial charge < -0.3 is 35.7 Å². The Morgan fingerprint density at radius 2 is 1.74 bits per heavy atom. The fourth-order valence-corrected chi connectivity index (χ4v) is 2.07. The number of carboxylic acids is 1. The Morgan fingerprint density at radius 3 is 2.19 bits per heavy atom. The number of aliphatic hydroxyl groups is 1. The molecule has 2 atom stereocenters. The van der Waals surface area contributed by atoms with Crippen molar-refractivity contribution in [2.75, 3.05) is 34.2 Å². The van der Waals surface area contributed by atoms with E-state index in [9.17, 15) is 19.5 Å². The average molecular weight is 383 g/mol. The highest BCUT2D eigenvalue weighted by molar-refractivity contribution is 5.89. The SMILES string of the molecule is C[N+](C)(C)CC(O)CC(=O)[O-].NCC(=O)OC(=O)[C@@H](N)Cc1ccccc1. The van der Waals surface area contributed by atoms with E-state index in [1.54, 1.807) is 0 Å². The highest BCUT2D eigenvalue weighted by Gasteiger charge is 2.18. The van der Waals surface area contributed by atoms with E-state index < -0.39 is 30.1 Å². The zero-order valence-electron chi connectivity index (χ0n) is 16.0. The Bertz CT molecular complexity index is 601. The molecular weight excluding hydrogens is 354 g/mol. The molecule has 0 aliphatic rings. The van der Waals surface area contributed by atoms with Gasteiger partial charge in [0.25, 0.3) is 0 Å². The van der Waals surface area contributed by atoms with E-state index in [2.05, 4.69) is 4.74 Å². The summed E-state index contributed by atoms with van der Waals surface area (Å²) in [7, 11) is 5.66. The summed E-state index contributed by atoms with van der Waals surface area (Å²) in [6.45, 7) is 0.0950. The number of hydrogen-bond acceptors (Lipinski definition) is 8. The minimum Gasteiger partial charge on any atom is -0.550 e. The van der Waals surface area contributed by atoms with E-state index in [0.29, 0.717) is 17.4 Å². The lowest BCUT2D eigenvalue weighted by Crippen LogP contribution is -2.43. The maximum absolute atomic E-state index is 11.3. The van der Waals surface area contributed by atoms with Gasteiger partial charge in [0.15, 0.2) is 0 Å². The number of nitrogens with zero attached hydrogens (tertiary/aromatic N) is 1. The van der Waals surface area contributed by atoms with E-state index in [4.69, 9.17) is 16.6 Å². The molecule has 0 saturated heterocycles. The number of esters is 2. The summed E-state index contributed by atoms with van der Waals surface area (Å²) in [5, 5.41) is 19.1. The third kappa shape index (κ3) is 13.5. The van der Waals surface area contributed by atoms with Crippen LogP contribution in [0.5, 0.6) is 0 Å². The number of quaternary nitrogens is 1. The van der Waals surface area contributed by atoms with Gasteiger partial charge in [-0.1, -0.05) is 30.3 Å². The minimum atomic E-state index is -1.20. The number of hydrogen-bond donors (Lipinski definition) is 3. The zero-order chi connectivity index (χ0) is 21.0. The second-order valence-electron chi connectivity index (χ2n) is 7.00. The summed E-state index contributed by atoms with van der Waals surface area (Å²) in [5.74, 6) is -2.72. The van der Waals surface area contributed by atoms with Gasteiger partial charge in [-0.05, 0) is 12.0 Å². The van der Waals surface area contributed by atoms with Gasteiger partial charge in [-0.15, -0.1) is 0 Å². The molecule has 9 heteroatoms. The second kappa shape index (κ2) is 12.1. The molecule has 1 unspecified atom stereocenters. The summed E-state index contributed by atoms with van der Waals surface area (Å²) in [4.78, 5) is 32.1. The Balaban J connectivity index is 0.000000541. The van der Waals surface area contributed by atoms with Gasteiger partial charge in [0.05, 0.1) is 27.7 Å². The van der Waals surface area contributed by atoms with Crippen LogP contribution in [0.4, 0.5) is 0 Å². The highest BCUT2D eigenvalue weighted by atomic mass is 16.6. The average Bonchev–Trinajstić information content (AvgIpc) is 2.53. The molecule has 0 saturated carbocycles. The van der Waals surface area contributed by atoms with Gasteiger partial charge in [0.1, 0.15) is 18.7 Å². The van der Waals surface area contributed by atoms with E-state index in [1.807, 2.05) is 51.5 Å². The molecule has 0 bridgehead atoms. The first kappa shape index (κ1) is 24.7. The van der Waals surface area contributed by atoms with Crippen LogP contribution in [-0.2, 0) is 25.5 Å². The van der Waals surface area contributed by atoms with Crippen LogP contribution in [0, 0.1) is 0 Å². The number of benzene rings is 1. The molecule has 1 rings (SSSR count). The molecule has 0 spiro atoms. The van der Waals surface area contributed by atoms with Crippen molar-refractivity contribution in [3.8, 4) is 0 Å². The number of rotatable bonds is 8. The first-order chi connectivity index (χ1) is 12.4. The van der Waals surface area contributed by atoms with Crippen LogP contribution in [0.15, 0.2) is 30.3 Å². The molecule has 0 amide bonds. The van der Waals surface area contributed by atoms with Crippen LogP contribution in [0.1, 0.15) is 12.0 Å². The number of ether oxygens (including phenoxy) is 1. The van der Waals surface area contributed by atoms with Crippen molar-refractivity contribution in [1.29, 1.82) is 0 Å². The maximum Gasteiger partial charge on any atom is 0.330 e. The summed E-state index contributed by atoms with van der Waals surface area (Å²) in [6, 6.07) is 8.40. The van der Waals surface area contributed by atoms with E-state index >= 15 is 0 Å². The fraction of sp³-hybridized carbons (Fsp3) is 0.500. The van der Waals surface area contributed by atoms with Gasteiger partial charge in [-0.2, -0.15) is 0 Å². The highest BCUT2D eigenvalue weighted by Crippen LogP contribution is 2.03. The fourth-order valence-electron chi connectivity index (χ4n) is 2.07. The molecule has 5 N–H and O–H groups in total. The van der Waals surface area contributed by atoms with Crippen molar-refractivity contribution in [2.24, 2.45) is 11.5 Å². The zero-order valence-corrected chi connectivity index (χ0v) is 16.0. The van der Waals surface area contributed by atoms with Crippen molar-refractivity contribution in [2.45, 2.75) is 25.0 Å². The summed E-state index contributed by atoms with van der Waals surface area (Å²) in [6.07, 6.45) is -0.757. The number of nitrogens with two attached hydrogens (primary N) is 2. The Labute approximate surface area is 159 Å². The molecule has 0 fully saturated rings. The third-order valence-electron chi connectivity index (χ3n) is 3.14. The minimum absolute atomic E-state index is 0.282. The van der Waals surface area contributed by atoms with Gasteiger partial charge in [0, 0.05) is 12.4 Å². The molecule has 0 radical (unpaired) electrons. The standard InChI is InChI=1S/C11H14N2O3.C7H15NO3/c12-7-10(14)16-11(15)9(13)6-8-4-2-1-3-5-8;1-8(2,3)5-6(9)4-7(10)11/h1-5,9H,6-7,12-13H2;6,9H,4-5H2,1-3H3/t9-;/m0./s1. The maximum atomic E-state index is 11.3. The molecule has 0 aliphatic heterocycles. The first-order valence-corrected chi connectivity index (χ1v) is 8.37. The van der Waals surface area contributed by atoms with Gasteiger partial charge in [0.2, 0.25) is 0 Å². The quantitative estimate of drug-likeness (QED) is 0.259. The number of carbonyl (C=O) groups excluding carboxylic acids is 3. The smallest absolute Gasteiger partial charge is 0.330 e. The lowest BCUT2D eigenvalue weighted by atomic mass is 10.1. The molecule has 152 valence electrons. The molecule has 9 nitrogen and oxygen atoms in total. The van der Waals surface area contributed by atoms with Crippen LogP contribution in [-0.4, -0.2) is 73.9 Å². The van der Waals surface area contributed by atoms with Gasteiger partial charge >= 0.3 is 11.9 Å². The normalized spacial score (nSPS) is 13.0. The van der Waals surface area contributed by atoms with E-state index in [0.717, 1.165) is 5.56 Å². The number of carboxylic acid groups (broad SMARTS) is 1. The molecule has 0 aliphatic carbocycles. The molecule has 0 heterocycles. The number of aliphatic hydroxyl groups excluding tert-OH is 1. The number of likely N-dealkylation sites (N-methyl/N-ethyl adjacent to an activating group) is 1. The van der Waals surface area contributed by atoms with Crippen molar-refractivity contribution in [3.05, 3.63) is 35.9 Å². The van der Waals surface area contributed by atoms with Crippen molar-refractivity contribution < 1.29 is 33.8 Å². The summed E-state index contributed by atoms with van der Waals surface area (Å²) < 4.78 is 4.96. The largest absolute Gasteiger partial charge is 0.550 e. The van der Waals surface area contributed by atoms with Crippen molar-refractivity contribution in [1.82, 2.24) is 0 Å². The number of carbonyl (C=O) groups is 3. The summed E-state index contributed by atoms with van der Waals surface area (Å²) >= 11 is 0. The predicted molar refractivity (Wildman–Crippen MR) is 96.8 cm³/mol. The topological polar surface area (TPSA) is 156 Å². The molecule has 0 aromatic heterocycles. The van der Waals surface area contributed by atoms with E-state index in [-0.39, 0.29) is 13.0 Å². The Hall–Kier alpha value is -2.33. The Kier molecular flexibility index (Phi) is 11.1. The van der Waals surface area contributed by atoms with E-state index in [1.165, 1.54) is 0 Å². The molecule has 1 aromatic carbocycles. The first-order valence-electron chi connectivity index (χ1n) is 8.37. The van der Waals surface area contributed by atoms with Gasteiger partial charge in [-0.3, -0.25) is 4.79 Å². The lowest BCUT2D eigenvalue weighted by Gasteiger charge is -2.26. The molecule has 1 aromatic rings. The number of aliphatic carboxylic acids is 1. The molecular formula is C18H29N3O6. The Morgan fingerprint density at radius 1 is 1.19 bits per heavy atom. The van der Waals surface area contributed by atoms with Crippen LogP contribution in [0.2, 0.25) is 0 Å². The lowest BCUT2D eigenvalue weighted by molar-refractivity contribution is -0.873. The third-order valence-corrected chi connectivity index (χ3v) is 3.14. The predicted octanol–water partition coefficient (Wildman–Crippen LogP) is -2.22. The van der Waals surface area contributed by atoms with Crippen LogP contribution in [0.3, 0.4) is 0 Å². The van der Waals surface area contributed by atoms with Crippen molar-refractivity contribution in [3.63, 3.8) is 0 Å². The van der Waals surface area contributed by atoms with Crippen LogP contribution >= 0.6 is 0 Å². The molecule has 27 heavy (non-hydrogen) atoms. The van der Waals surface area contributed by atoms with Crippen molar-refractivity contribution >= 4 is 17.9 Å².